The van der Waals surface area contributed by atoms with E-state index in [2.05, 4.69) is 0 Å². The van der Waals surface area contributed by atoms with Gasteiger partial charge in [0.2, 0.25) is 0 Å². The summed E-state index contributed by atoms with van der Waals surface area (Å²) < 4.78 is 17.4. The molecule has 2 aromatic carbocycles. The van der Waals surface area contributed by atoms with E-state index in [0.717, 1.165) is 0 Å². The molecule has 7 nitrogen and oxygen atoms in total. The number of fused-ring (bicyclic) bond motifs is 1. The Hall–Kier alpha value is -2.77. The minimum atomic E-state index is -1.18. The van der Waals surface area contributed by atoms with Crippen molar-refractivity contribution in [3.8, 4) is 11.5 Å². The lowest BCUT2D eigenvalue weighted by Gasteiger charge is -2.31. The first-order valence-electron chi connectivity index (χ1n) is 10.8. The molecule has 1 N–H and O–H groups in total. The van der Waals surface area contributed by atoms with E-state index in [0.29, 0.717) is 46.5 Å². The van der Waals surface area contributed by atoms with Crippen molar-refractivity contribution >= 4 is 29.2 Å². The van der Waals surface area contributed by atoms with Crippen LogP contribution in [0.1, 0.15) is 51.3 Å². The molecule has 0 bridgehead atoms. The molecule has 178 valence electrons. The third-order valence-corrected chi connectivity index (χ3v) is 5.43. The van der Waals surface area contributed by atoms with Gasteiger partial charge in [-0.1, -0.05) is 32.4 Å². The van der Waals surface area contributed by atoms with Crippen molar-refractivity contribution < 1.29 is 28.9 Å². The Kier molecular flexibility index (Phi) is 7.55. The second-order valence-electron chi connectivity index (χ2n) is 9.13. The first-order chi connectivity index (χ1) is 15.5. The number of rotatable bonds is 7. The van der Waals surface area contributed by atoms with Gasteiger partial charge in [-0.15, -0.1) is 0 Å². The summed E-state index contributed by atoms with van der Waals surface area (Å²) >= 11 is 6.36. The number of anilines is 1. The number of carbonyl (C=O) groups is 2. The maximum Gasteiger partial charge on any atom is 0.306 e. The van der Waals surface area contributed by atoms with E-state index in [1.165, 1.54) is 7.11 Å². The zero-order valence-corrected chi connectivity index (χ0v) is 20.3. The molecule has 0 spiro atoms. The Morgan fingerprint density at radius 2 is 1.91 bits per heavy atom. The first-order valence-corrected chi connectivity index (χ1v) is 11.2. The molecule has 0 aliphatic carbocycles. The van der Waals surface area contributed by atoms with E-state index in [9.17, 15) is 14.7 Å². The predicted molar refractivity (Wildman–Crippen MR) is 126 cm³/mol. The number of benzene rings is 2. The number of aliphatic carboxylic acids is 1. The highest BCUT2D eigenvalue weighted by atomic mass is 35.5. The zero-order chi connectivity index (χ0) is 24.3. The molecular weight excluding hydrogens is 446 g/mol. The van der Waals surface area contributed by atoms with Gasteiger partial charge >= 0.3 is 5.97 Å². The number of methoxy groups -OCH3 is 1. The normalized spacial score (nSPS) is 18.5. The highest BCUT2D eigenvalue weighted by molar-refractivity contribution is 6.30. The maximum atomic E-state index is 13.5. The van der Waals surface area contributed by atoms with Gasteiger partial charge in [0.1, 0.15) is 23.7 Å². The Morgan fingerprint density at radius 1 is 1.18 bits per heavy atom. The third kappa shape index (κ3) is 5.78. The van der Waals surface area contributed by atoms with Crippen LogP contribution in [0.25, 0.3) is 0 Å². The number of carbonyl (C=O) groups excluding carboxylic acids is 1. The minimum absolute atomic E-state index is 0.239. The Balaban J connectivity index is 2.22. The molecule has 3 rings (SSSR count). The quantitative estimate of drug-likeness (QED) is 0.600. The summed E-state index contributed by atoms with van der Waals surface area (Å²) in [5, 5.41) is 9.97. The van der Waals surface area contributed by atoms with Crippen LogP contribution in [0.2, 0.25) is 5.02 Å². The van der Waals surface area contributed by atoms with Gasteiger partial charge in [0.15, 0.2) is 0 Å². The van der Waals surface area contributed by atoms with Crippen LogP contribution in [-0.4, -0.2) is 43.3 Å². The van der Waals surface area contributed by atoms with Gasteiger partial charge < -0.3 is 24.2 Å². The van der Waals surface area contributed by atoms with E-state index in [1.54, 1.807) is 41.3 Å². The van der Waals surface area contributed by atoms with Gasteiger partial charge in [0.25, 0.3) is 5.91 Å². The Bertz CT molecular complexity index is 1030. The molecule has 1 aliphatic heterocycles. The number of halogens is 1. The zero-order valence-electron chi connectivity index (χ0n) is 19.6. The molecule has 0 unspecified atom stereocenters. The van der Waals surface area contributed by atoms with E-state index < -0.39 is 30.5 Å². The average Bonchev–Trinajstić information content (AvgIpc) is 2.83. The molecule has 1 heterocycles. The molecule has 0 saturated heterocycles. The molecule has 2 atom stereocenters. The van der Waals surface area contributed by atoms with Gasteiger partial charge in [0, 0.05) is 34.4 Å². The number of hydrogen-bond acceptors (Lipinski definition) is 5. The van der Waals surface area contributed by atoms with E-state index >= 15 is 0 Å². The molecule has 33 heavy (non-hydrogen) atoms. The fourth-order valence-corrected chi connectivity index (χ4v) is 4.09. The molecule has 1 aliphatic rings. The molecule has 0 saturated carbocycles. The average molecular weight is 476 g/mol. The van der Waals surface area contributed by atoms with Gasteiger partial charge in [0.05, 0.1) is 20.1 Å². The van der Waals surface area contributed by atoms with E-state index in [1.807, 2.05) is 27.7 Å². The van der Waals surface area contributed by atoms with Crippen LogP contribution in [0.4, 0.5) is 5.69 Å². The lowest BCUT2D eigenvalue weighted by molar-refractivity contribution is -0.147. The second-order valence-corrected chi connectivity index (χ2v) is 9.56. The molecule has 0 aromatic heterocycles. The lowest BCUT2D eigenvalue weighted by atomic mass is 9.94. The number of ether oxygens (including phenoxy) is 3. The summed E-state index contributed by atoms with van der Waals surface area (Å²) in [6.07, 6.45) is -2.42. The third-order valence-electron chi connectivity index (χ3n) is 5.20. The van der Waals surface area contributed by atoms with Crippen LogP contribution in [0.5, 0.6) is 11.5 Å². The minimum Gasteiger partial charge on any atom is -0.496 e. The van der Waals surface area contributed by atoms with Crippen LogP contribution in [0.3, 0.4) is 0 Å². The number of carboxylic acids is 1. The van der Waals surface area contributed by atoms with Crippen molar-refractivity contribution in [2.75, 3.05) is 25.2 Å². The Labute approximate surface area is 199 Å². The van der Waals surface area contributed by atoms with Crippen molar-refractivity contribution in [3.63, 3.8) is 0 Å². The predicted octanol–water partition coefficient (Wildman–Crippen LogP) is 5.09. The van der Waals surface area contributed by atoms with Crippen LogP contribution >= 0.6 is 11.6 Å². The van der Waals surface area contributed by atoms with Gasteiger partial charge in [-0.3, -0.25) is 9.59 Å². The largest absolute Gasteiger partial charge is 0.496 e. The van der Waals surface area contributed by atoms with E-state index in [4.69, 9.17) is 25.8 Å². The van der Waals surface area contributed by atoms with Gasteiger partial charge in [-0.2, -0.15) is 0 Å². The molecule has 0 fully saturated rings. The summed E-state index contributed by atoms with van der Waals surface area (Å²) in [6, 6.07) is 10.6. The number of hydrogen-bond donors (Lipinski definition) is 1. The second kappa shape index (κ2) is 10.0. The smallest absolute Gasteiger partial charge is 0.306 e. The van der Waals surface area contributed by atoms with Crippen LogP contribution in [0, 0.1) is 5.41 Å². The van der Waals surface area contributed by atoms with Gasteiger partial charge in [-0.25, -0.2) is 0 Å². The lowest BCUT2D eigenvalue weighted by Crippen LogP contribution is -2.44. The SMILES string of the molecule is CCOc1ccc([C@H]2O[C@H](CC(=O)O)C(=O)N(CC(C)(C)C)c3ccc(Cl)cc32)c(OC)c1. The fourth-order valence-electron chi connectivity index (χ4n) is 3.91. The standard InChI is InChI=1S/C25H30ClNO6/c1-6-32-16-8-9-17(20(12-16)31-5)23-18-11-15(26)7-10-19(18)27(14-25(2,3)4)24(30)21(33-23)13-22(28)29/h7-12,21,23H,6,13-14H2,1-5H3,(H,28,29)/t21-,23-/m1/s1. The van der Waals surface area contributed by atoms with Crippen molar-refractivity contribution in [1.82, 2.24) is 0 Å². The summed E-state index contributed by atoms with van der Waals surface area (Å²) in [5.41, 5.74) is 1.70. The van der Waals surface area contributed by atoms with Crippen molar-refractivity contribution in [2.24, 2.45) is 5.41 Å². The van der Waals surface area contributed by atoms with Crippen molar-refractivity contribution in [2.45, 2.75) is 46.3 Å². The summed E-state index contributed by atoms with van der Waals surface area (Å²) in [4.78, 5) is 26.8. The topological polar surface area (TPSA) is 85.3 Å². The summed E-state index contributed by atoms with van der Waals surface area (Å²) in [5.74, 6) is -0.387. The van der Waals surface area contributed by atoms with Crippen LogP contribution in [0.15, 0.2) is 36.4 Å². The highest BCUT2D eigenvalue weighted by Gasteiger charge is 2.39. The van der Waals surface area contributed by atoms with Crippen molar-refractivity contribution in [3.05, 3.63) is 52.5 Å². The monoisotopic (exact) mass is 475 g/mol. The molecule has 8 heteroatoms. The first kappa shape index (κ1) is 24.9. The fraction of sp³-hybridized carbons (Fsp3) is 0.440. The van der Waals surface area contributed by atoms with Crippen molar-refractivity contribution in [1.29, 1.82) is 0 Å². The van der Waals surface area contributed by atoms with E-state index in [-0.39, 0.29) is 5.41 Å². The van der Waals surface area contributed by atoms with Crippen LogP contribution < -0.4 is 14.4 Å². The van der Waals surface area contributed by atoms with Crippen LogP contribution in [-0.2, 0) is 14.3 Å². The number of carboxylic acid groups (broad SMARTS) is 1. The maximum absolute atomic E-state index is 13.5. The highest BCUT2D eigenvalue weighted by Crippen LogP contribution is 2.44. The molecule has 1 amide bonds. The summed E-state index contributed by atoms with van der Waals surface area (Å²) in [7, 11) is 1.54. The summed E-state index contributed by atoms with van der Waals surface area (Å²) in [6.45, 7) is 8.81. The molecule has 0 radical (unpaired) electrons. The molecular formula is C25H30ClNO6. The Morgan fingerprint density at radius 3 is 2.52 bits per heavy atom. The number of amides is 1. The molecule has 2 aromatic rings. The number of nitrogens with zero attached hydrogens (tertiary/aromatic N) is 1. The van der Waals surface area contributed by atoms with Gasteiger partial charge in [-0.05, 0) is 42.7 Å².